The van der Waals surface area contributed by atoms with Gasteiger partial charge in [-0.3, -0.25) is 0 Å². The van der Waals surface area contributed by atoms with Crippen LogP contribution in [0.1, 0.15) is 38.5 Å². The van der Waals surface area contributed by atoms with Crippen LogP contribution in [0.5, 0.6) is 5.75 Å². The minimum atomic E-state index is -3.33. The van der Waals surface area contributed by atoms with Crippen LogP contribution in [-0.2, 0) is 17.3 Å². The van der Waals surface area contributed by atoms with Crippen molar-refractivity contribution in [1.29, 1.82) is 0 Å². The normalized spacial score (nSPS) is 21.4. The number of aryl methyl sites for hydroxylation is 1. The molecule has 0 atom stereocenters. The first-order valence-electron chi connectivity index (χ1n) is 10.0. The van der Waals surface area contributed by atoms with Crippen molar-refractivity contribution in [3.05, 3.63) is 30.5 Å². The topological polar surface area (TPSA) is 54.8 Å². The molecule has 27 heavy (non-hydrogen) atoms. The molecular formula is C20H29N3O3S. The van der Waals surface area contributed by atoms with E-state index in [1.54, 1.807) is 8.61 Å². The van der Waals surface area contributed by atoms with E-state index in [0.717, 1.165) is 55.2 Å². The van der Waals surface area contributed by atoms with E-state index < -0.39 is 10.2 Å². The Hall–Kier alpha value is -1.57. The van der Waals surface area contributed by atoms with Crippen LogP contribution in [0.4, 0.5) is 0 Å². The van der Waals surface area contributed by atoms with Crippen molar-refractivity contribution < 1.29 is 13.2 Å². The molecule has 2 saturated heterocycles. The first-order valence-corrected chi connectivity index (χ1v) is 11.4. The van der Waals surface area contributed by atoms with E-state index >= 15 is 0 Å². The number of fused-ring (bicyclic) bond motifs is 1. The zero-order valence-corrected chi connectivity index (χ0v) is 16.8. The quantitative estimate of drug-likeness (QED) is 0.805. The van der Waals surface area contributed by atoms with Gasteiger partial charge in [-0.15, -0.1) is 0 Å². The van der Waals surface area contributed by atoms with Crippen LogP contribution in [-0.4, -0.2) is 53.9 Å². The van der Waals surface area contributed by atoms with Crippen LogP contribution in [0, 0.1) is 0 Å². The molecule has 6 nitrogen and oxygen atoms in total. The molecule has 4 rings (SSSR count). The van der Waals surface area contributed by atoms with Gasteiger partial charge in [0, 0.05) is 44.8 Å². The number of hydrogen-bond acceptors (Lipinski definition) is 3. The maximum Gasteiger partial charge on any atom is 0.281 e. The third kappa shape index (κ3) is 3.86. The minimum Gasteiger partial charge on any atom is -0.490 e. The second-order valence-electron chi connectivity index (χ2n) is 7.65. The number of ether oxygens (including phenoxy) is 1. The smallest absolute Gasteiger partial charge is 0.281 e. The fourth-order valence-electron chi connectivity index (χ4n) is 4.17. The molecule has 0 saturated carbocycles. The van der Waals surface area contributed by atoms with Gasteiger partial charge in [-0.2, -0.15) is 17.0 Å². The van der Waals surface area contributed by atoms with Crippen molar-refractivity contribution >= 4 is 21.1 Å². The number of piperidine rings is 1. The average Bonchev–Trinajstić information content (AvgIpc) is 2.88. The van der Waals surface area contributed by atoms with Crippen LogP contribution in [0.3, 0.4) is 0 Å². The summed E-state index contributed by atoms with van der Waals surface area (Å²) in [5, 5.41) is 1.11. The molecule has 0 radical (unpaired) electrons. The number of rotatable bonds is 4. The van der Waals surface area contributed by atoms with Gasteiger partial charge in [-0.25, -0.2) is 0 Å². The summed E-state index contributed by atoms with van der Waals surface area (Å²) in [6.45, 7) is 2.39. The van der Waals surface area contributed by atoms with Crippen molar-refractivity contribution in [3.8, 4) is 5.75 Å². The summed E-state index contributed by atoms with van der Waals surface area (Å²) < 4.78 is 37.6. The van der Waals surface area contributed by atoms with Gasteiger partial charge in [0.05, 0.1) is 5.52 Å². The molecule has 1 aromatic heterocycles. The second-order valence-corrected chi connectivity index (χ2v) is 9.58. The van der Waals surface area contributed by atoms with Crippen molar-refractivity contribution in [3.63, 3.8) is 0 Å². The average molecular weight is 392 g/mol. The lowest BCUT2D eigenvalue weighted by molar-refractivity contribution is 0.133. The van der Waals surface area contributed by atoms with Crippen molar-refractivity contribution in [2.75, 3.05) is 26.2 Å². The van der Waals surface area contributed by atoms with Gasteiger partial charge in [0.1, 0.15) is 11.9 Å². The lowest BCUT2D eigenvalue weighted by Gasteiger charge is -2.34. The Kier molecular flexibility index (Phi) is 5.43. The molecule has 2 aliphatic heterocycles. The van der Waals surface area contributed by atoms with Gasteiger partial charge in [0.25, 0.3) is 10.2 Å². The Morgan fingerprint density at radius 3 is 2.30 bits per heavy atom. The van der Waals surface area contributed by atoms with E-state index in [1.165, 1.54) is 0 Å². The number of hydrogen-bond donors (Lipinski definition) is 0. The van der Waals surface area contributed by atoms with E-state index in [-0.39, 0.29) is 6.10 Å². The first kappa shape index (κ1) is 18.8. The maximum atomic E-state index is 12.9. The lowest BCUT2D eigenvalue weighted by Crippen LogP contribution is -2.48. The summed E-state index contributed by atoms with van der Waals surface area (Å²) in [6.07, 6.45) is 7.77. The maximum absolute atomic E-state index is 12.9. The van der Waals surface area contributed by atoms with Crippen molar-refractivity contribution in [1.82, 2.24) is 13.2 Å². The highest BCUT2D eigenvalue weighted by atomic mass is 32.2. The molecule has 7 heteroatoms. The van der Waals surface area contributed by atoms with Crippen LogP contribution < -0.4 is 4.74 Å². The highest BCUT2D eigenvalue weighted by molar-refractivity contribution is 7.86. The summed E-state index contributed by atoms with van der Waals surface area (Å²) in [7, 11) is -1.30. The number of nitrogens with zero attached hydrogens (tertiary/aromatic N) is 3. The molecule has 1 aromatic carbocycles. The third-order valence-corrected chi connectivity index (χ3v) is 7.84. The van der Waals surface area contributed by atoms with Gasteiger partial charge in [-0.1, -0.05) is 18.9 Å². The SMILES string of the molecule is Cn1ccc2c(OC3CCN(S(=O)(=O)N4CCCCCC4)CC3)cccc21. The molecule has 148 valence electrons. The Morgan fingerprint density at radius 1 is 0.926 bits per heavy atom. The van der Waals surface area contributed by atoms with E-state index in [1.807, 2.05) is 25.4 Å². The molecule has 0 N–H and O–H groups in total. The van der Waals surface area contributed by atoms with Gasteiger partial charge >= 0.3 is 0 Å². The molecule has 2 aromatic rings. The number of aromatic nitrogens is 1. The standard InChI is InChI=1S/C20H29N3O3S/c1-21-14-11-18-19(21)7-6-8-20(18)26-17-9-15-23(16-10-17)27(24,25)22-12-4-2-3-5-13-22/h6-8,11,14,17H,2-5,9-10,12-13,15-16H2,1H3. The van der Waals surface area contributed by atoms with Gasteiger partial charge in [0.2, 0.25) is 0 Å². The summed E-state index contributed by atoms with van der Waals surface area (Å²) in [5.41, 5.74) is 1.15. The summed E-state index contributed by atoms with van der Waals surface area (Å²) >= 11 is 0. The van der Waals surface area contributed by atoms with Crippen LogP contribution in [0.15, 0.2) is 30.5 Å². The zero-order valence-electron chi connectivity index (χ0n) is 16.0. The summed E-state index contributed by atoms with van der Waals surface area (Å²) in [6, 6.07) is 8.17. The van der Waals surface area contributed by atoms with Gasteiger partial charge in [-0.05, 0) is 43.9 Å². The second kappa shape index (κ2) is 7.81. The Morgan fingerprint density at radius 2 is 1.59 bits per heavy atom. The molecule has 2 fully saturated rings. The monoisotopic (exact) mass is 391 g/mol. The highest BCUT2D eigenvalue weighted by Crippen LogP contribution is 2.29. The van der Waals surface area contributed by atoms with Crippen LogP contribution in [0.2, 0.25) is 0 Å². The summed E-state index contributed by atoms with van der Waals surface area (Å²) in [5.74, 6) is 0.891. The molecule has 0 unspecified atom stereocenters. The minimum absolute atomic E-state index is 0.0615. The van der Waals surface area contributed by atoms with Crippen molar-refractivity contribution in [2.24, 2.45) is 7.05 Å². The molecular weight excluding hydrogens is 362 g/mol. The van der Waals surface area contributed by atoms with Crippen molar-refractivity contribution in [2.45, 2.75) is 44.6 Å². The van der Waals surface area contributed by atoms with Crippen LogP contribution in [0.25, 0.3) is 10.9 Å². The molecule has 0 amide bonds. The Labute approximate surface area is 161 Å². The van der Waals surface area contributed by atoms with E-state index in [2.05, 4.69) is 16.7 Å². The largest absolute Gasteiger partial charge is 0.490 e. The molecule has 0 bridgehead atoms. The highest BCUT2D eigenvalue weighted by Gasteiger charge is 2.33. The summed E-state index contributed by atoms with van der Waals surface area (Å²) in [4.78, 5) is 0. The van der Waals surface area contributed by atoms with Gasteiger partial charge < -0.3 is 9.30 Å². The number of benzene rings is 1. The lowest BCUT2D eigenvalue weighted by atomic mass is 10.1. The third-order valence-electron chi connectivity index (χ3n) is 5.80. The zero-order chi connectivity index (χ0) is 18.9. The fraction of sp³-hybridized carbons (Fsp3) is 0.600. The van der Waals surface area contributed by atoms with Crippen LogP contribution >= 0.6 is 0 Å². The molecule has 3 heterocycles. The molecule has 0 spiro atoms. The predicted octanol–water partition coefficient (Wildman–Crippen LogP) is 3.14. The first-order chi connectivity index (χ1) is 13.1. The fourth-order valence-corrected chi connectivity index (χ4v) is 5.89. The van der Waals surface area contributed by atoms with E-state index in [0.29, 0.717) is 26.2 Å². The molecule has 0 aliphatic carbocycles. The Bertz CT molecular complexity index is 877. The predicted molar refractivity (Wildman–Crippen MR) is 107 cm³/mol. The van der Waals surface area contributed by atoms with E-state index in [9.17, 15) is 8.42 Å². The molecule has 2 aliphatic rings. The van der Waals surface area contributed by atoms with Gasteiger partial charge in [0.15, 0.2) is 0 Å². The van der Waals surface area contributed by atoms with E-state index in [4.69, 9.17) is 4.74 Å². The Balaban J connectivity index is 1.40.